The molecule has 9 nitrogen and oxygen atoms in total. The fourth-order valence-electron chi connectivity index (χ4n) is 2.61. The van der Waals surface area contributed by atoms with Crippen LogP contribution in [0.25, 0.3) is 0 Å². The lowest BCUT2D eigenvalue weighted by atomic mass is 9.97. The largest absolute Gasteiger partial charge is 0.504 e. The Bertz CT molecular complexity index is 914. The van der Waals surface area contributed by atoms with Crippen molar-refractivity contribution in [3.05, 3.63) is 53.9 Å². The number of methoxy groups -OCH3 is 2. The highest BCUT2D eigenvalue weighted by atomic mass is 16.5. The van der Waals surface area contributed by atoms with E-state index in [-0.39, 0.29) is 23.9 Å². The number of hydrogen-bond donors (Lipinski definition) is 2. The van der Waals surface area contributed by atoms with Crippen molar-refractivity contribution in [1.82, 2.24) is 20.6 Å². The molecule has 1 heterocycles. The lowest BCUT2D eigenvalue weighted by Gasteiger charge is -2.18. The van der Waals surface area contributed by atoms with Gasteiger partial charge in [-0.25, -0.2) is 0 Å². The van der Waals surface area contributed by atoms with Gasteiger partial charge < -0.3 is 25.0 Å². The number of rotatable bonds is 7. The van der Waals surface area contributed by atoms with Crippen molar-refractivity contribution in [3.8, 4) is 17.2 Å². The SMILES string of the molecule is COc1cccc(NC(=O)[C@@H](Cc2ccc(O)c(OC)c2)c2nnn[n-]2)c1. The number of phenols is 1. The third kappa shape index (κ3) is 4.32. The van der Waals surface area contributed by atoms with Gasteiger partial charge in [0.15, 0.2) is 11.5 Å². The topological polar surface area (TPSA) is 121 Å². The molecule has 0 fully saturated rings. The predicted molar refractivity (Wildman–Crippen MR) is 95.9 cm³/mol. The van der Waals surface area contributed by atoms with Crippen molar-refractivity contribution < 1.29 is 19.4 Å². The summed E-state index contributed by atoms with van der Waals surface area (Å²) in [5.41, 5.74) is 1.35. The molecule has 140 valence electrons. The van der Waals surface area contributed by atoms with E-state index in [1.807, 2.05) is 0 Å². The molecule has 9 heteroatoms. The van der Waals surface area contributed by atoms with Gasteiger partial charge in [-0.15, -0.1) is 0 Å². The number of carbonyl (C=O) groups is 1. The highest BCUT2D eigenvalue weighted by Gasteiger charge is 2.22. The average molecular weight is 368 g/mol. The first-order chi connectivity index (χ1) is 13.1. The van der Waals surface area contributed by atoms with Gasteiger partial charge in [0.2, 0.25) is 5.91 Å². The van der Waals surface area contributed by atoms with E-state index in [0.29, 0.717) is 17.2 Å². The number of aromatic nitrogens is 4. The maximum Gasteiger partial charge on any atom is 0.232 e. The van der Waals surface area contributed by atoms with Gasteiger partial charge in [-0.3, -0.25) is 15.1 Å². The second-order valence-electron chi connectivity index (χ2n) is 5.72. The number of anilines is 1. The number of hydrogen-bond acceptors (Lipinski definition) is 7. The Morgan fingerprint density at radius 2 is 2.07 bits per heavy atom. The molecule has 0 spiro atoms. The van der Waals surface area contributed by atoms with Gasteiger partial charge in [0.1, 0.15) is 5.75 Å². The molecule has 1 atom stereocenters. The molecule has 0 aliphatic carbocycles. The van der Waals surface area contributed by atoms with E-state index in [2.05, 4.69) is 25.9 Å². The first kappa shape index (κ1) is 18.2. The molecule has 2 N–H and O–H groups in total. The summed E-state index contributed by atoms with van der Waals surface area (Å²) in [5, 5.41) is 27.2. The maximum atomic E-state index is 12.9. The van der Waals surface area contributed by atoms with E-state index in [1.54, 1.807) is 43.5 Å². The monoisotopic (exact) mass is 368 g/mol. The Morgan fingerprint density at radius 3 is 2.78 bits per heavy atom. The summed E-state index contributed by atoms with van der Waals surface area (Å²) in [7, 11) is 3.01. The van der Waals surface area contributed by atoms with Crippen LogP contribution >= 0.6 is 0 Å². The number of amides is 1. The first-order valence-corrected chi connectivity index (χ1v) is 8.10. The molecule has 1 aromatic heterocycles. The predicted octanol–water partition coefficient (Wildman–Crippen LogP) is 1.52. The van der Waals surface area contributed by atoms with Crippen molar-refractivity contribution in [3.63, 3.8) is 0 Å². The van der Waals surface area contributed by atoms with Gasteiger partial charge >= 0.3 is 0 Å². The first-order valence-electron chi connectivity index (χ1n) is 8.10. The molecule has 1 amide bonds. The summed E-state index contributed by atoms with van der Waals surface area (Å²) in [4.78, 5) is 12.9. The summed E-state index contributed by atoms with van der Waals surface area (Å²) in [6.07, 6.45) is 0.278. The Morgan fingerprint density at radius 1 is 1.22 bits per heavy atom. The lowest BCUT2D eigenvalue weighted by Crippen LogP contribution is -2.24. The van der Waals surface area contributed by atoms with Gasteiger partial charge in [-0.05, 0) is 36.2 Å². The molecular formula is C18H18N5O4-. The molecule has 2 aromatic carbocycles. The summed E-state index contributed by atoms with van der Waals surface area (Å²) in [6.45, 7) is 0. The van der Waals surface area contributed by atoms with E-state index in [4.69, 9.17) is 9.47 Å². The highest BCUT2D eigenvalue weighted by Crippen LogP contribution is 2.29. The minimum atomic E-state index is -0.722. The van der Waals surface area contributed by atoms with E-state index in [9.17, 15) is 9.90 Å². The van der Waals surface area contributed by atoms with Gasteiger partial charge in [-0.1, -0.05) is 12.1 Å². The van der Waals surface area contributed by atoms with Crippen LogP contribution < -0.4 is 19.9 Å². The smallest absolute Gasteiger partial charge is 0.232 e. The molecule has 0 saturated carbocycles. The van der Waals surface area contributed by atoms with E-state index in [0.717, 1.165) is 5.56 Å². The molecule has 0 bridgehead atoms. The van der Waals surface area contributed by atoms with Crippen molar-refractivity contribution in [2.45, 2.75) is 12.3 Å². The van der Waals surface area contributed by atoms with E-state index < -0.39 is 5.92 Å². The minimum absolute atomic E-state index is 0.0199. The lowest BCUT2D eigenvalue weighted by molar-refractivity contribution is -0.117. The Labute approximate surface area is 155 Å². The molecule has 3 rings (SSSR count). The molecular weight excluding hydrogens is 350 g/mol. The van der Waals surface area contributed by atoms with Crippen LogP contribution in [0.5, 0.6) is 17.2 Å². The molecule has 0 unspecified atom stereocenters. The number of nitrogens with zero attached hydrogens (tertiary/aromatic N) is 4. The average Bonchev–Trinajstić information content (AvgIpc) is 3.21. The number of aromatic hydroxyl groups is 1. The van der Waals surface area contributed by atoms with Crippen LogP contribution in [-0.4, -0.2) is 40.8 Å². The number of phenolic OH excluding ortho intramolecular Hbond substituents is 1. The number of ether oxygens (including phenoxy) is 2. The number of benzene rings is 2. The second-order valence-corrected chi connectivity index (χ2v) is 5.72. The zero-order chi connectivity index (χ0) is 19.2. The van der Waals surface area contributed by atoms with Crippen LogP contribution in [0, 0.1) is 0 Å². The molecule has 0 aliphatic rings. The second kappa shape index (κ2) is 8.17. The number of carbonyl (C=O) groups excluding carboxylic acids is 1. The van der Waals surface area contributed by atoms with Crippen LogP contribution in [0.4, 0.5) is 5.69 Å². The van der Waals surface area contributed by atoms with Gasteiger partial charge in [0.25, 0.3) is 0 Å². The molecule has 3 aromatic rings. The fourth-order valence-corrected chi connectivity index (χ4v) is 2.61. The zero-order valence-corrected chi connectivity index (χ0v) is 14.8. The van der Waals surface area contributed by atoms with E-state index in [1.165, 1.54) is 13.2 Å². The van der Waals surface area contributed by atoms with Crippen molar-refractivity contribution in [2.75, 3.05) is 19.5 Å². The third-order valence-corrected chi connectivity index (χ3v) is 3.98. The molecule has 0 aliphatic heterocycles. The van der Waals surface area contributed by atoms with Crippen LogP contribution in [0.15, 0.2) is 42.5 Å². The maximum absolute atomic E-state index is 12.9. The normalized spacial score (nSPS) is 11.6. The number of tetrazole rings is 1. The molecule has 0 radical (unpaired) electrons. The van der Waals surface area contributed by atoms with Crippen molar-refractivity contribution >= 4 is 11.6 Å². The number of nitrogens with one attached hydrogen (secondary N) is 1. The third-order valence-electron chi connectivity index (χ3n) is 3.98. The summed E-state index contributed by atoms with van der Waals surface area (Å²) in [5.74, 6) is 0.138. The Balaban J connectivity index is 1.84. The van der Waals surface area contributed by atoms with Crippen LogP contribution in [0.3, 0.4) is 0 Å². The highest BCUT2D eigenvalue weighted by molar-refractivity contribution is 5.95. The molecule has 0 saturated heterocycles. The quantitative estimate of drug-likeness (QED) is 0.644. The van der Waals surface area contributed by atoms with Gasteiger partial charge in [0.05, 0.1) is 20.1 Å². The summed E-state index contributed by atoms with van der Waals surface area (Å²) >= 11 is 0. The fraction of sp³-hybridized carbons (Fsp3) is 0.222. The Hall–Kier alpha value is -3.62. The molecule has 27 heavy (non-hydrogen) atoms. The van der Waals surface area contributed by atoms with Crippen molar-refractivity contribution in [2.24, 2.45) is 0 Å². The van der Waals surface area contributed by atoms with Crippen molar-refractivity contribution in [1.29, 1.82) is 0 Å². The zero-order valence-electron chi connectivity index (χ0n) is 14.8. The summed E-state index contributed by atoms with van der Waals surface area (Å²) in [6, 6.07) is 11.9. The van der Waals surface area contributed by atoms with Gasteiger partial charge in [-0.2, -0.15) is 5.21 Å². The van der Waals surface area contributed by atoms with Crippen LogP contribution in [0.2, 0.25) is 0 Å². The van der Waals surface area contributed by atoms with Crippen LogP contribution in [-0.2, 0) is 11.2 Å². The minimum Gasteiger partial charge on any atom is -0.504 e. The van der Waals surface area contributed by atoms with Gasteiger partial charge in [0, 0.05) is 17.6 Å². The standard InChI is InChI=1S/C18H19N5O4/c1-26-13-5-3-4-12(10-13)19-18(25)14(17-20-22-23-21-17)8-11-6-7-15(24)16(9-11)27-2/h3-7,9-10,14H,8H2,1-2H3,(H3,19,20,21,22,23,24,25)/p-1/t14-/m0/s1. The van der Waals surface area contributed by atoms with Crippen LogP contribution in [0.1, 0.15) is 17.3 Å². The summed E-state index contributed by atoms with van der Waals surface area (Å²) < 4.78 is 10.3. The Kier molecular flexibility index (Phi) is 5.50. The van der Waals surface area contributed by atoms with E-state index >= 15 is 0 Å².